The molecule has 13 heteroatoms. The lowest BCUT2D eigenvalue weighted by atomic mass is 10.0. The Hall–Kier alpha value is -4.35. The predicted molar refractivity (Wildman–Crippen MR) is 154 cm³/mol. The molecule has 0 radical (unpaired) electrons. The van der Waals surface area contributed by atoms with E-state index in [4.69, 9.17) is 20.6 Å². The van der Waals surface area contributed by atoms with Crippen LogP contribution in [-0.2, 0) is 9.53 Å². The third-order valence-corrected chi connectivity index (χ3v) is 5.58. The Morgan fingerprint density at radius 2 is 1.72 bits per heavy atom. The summed E-state index contributed by atoms with van der Waals surface area (Å²) >= 11 is 0. The van der Waals surface area contributed by atoms with Gasteiger partial charge in [0, 0.05) is 37.3 Å². The van der Waals surface area contributed by atoms with Crippen molar-refractivity contribution in [1.82, 2.24) is 10.2 Å². The number of benzene rings is 3. The van der Waals surface area contributed by atoms with Crippen molar-refractivity contribution in [2.75, 3.05) is 39.1 Å². The molecule has 1 aliphatic heterocycles. The monoisotopic (exact) mass is 574 g/mol. The molecule has 206 valence electrons. The Morgan fingerprint density at radius 3 is 2.33 bits per heavy atom. The number of rotatable bonds is 7. The Morgan fingerprint density at radius 1 is 1.03 bits per heavy atom. The number of likely N-dealkylation sites (N-methyl/N-ethyl adjacent to an activating group) is 1. The molecule has 0 bridgehead atoms. The number of aliphatic imine (C=N–C) groups is 1. The van der Waals surface area contributed by atoms with E-state index < -0.39 is 24.5 Å². The number of nitrogens with zero attached hydrogens (tertiary/aromatic N) is 2. The third kappa shape index (κ3) is 7.37. The molecule has 0 unspecified atom stereocenters. The fourth-order valence-electron chi connectivity index (χ4n) is 3.57. The van der Waals surface area contributed by atoms with Gasteiger partial charge in [0.05, 0.1) is 12.1 Å². The first-order valence-corrected chi connectivity index (χ1v) is 11.4. The van der Waals surface area contributed by atoms with Gasteiger partial charge in [-0.3, -0.25) is 15.2 Å². The van der Waals surface area contributed by atoms with Crippen LogP contribution in [0.3, 0.4) is 0 Å². The summed E-state index contributed by atoms with van der Waals surface area (Å²) in [6.07, 6.45) is 0. The van der Waals surface area contributed by atoms with Crippen LogP contribution in [0.5, 0.6) is 5.75 Å². The first-order chi connectivity index (χ1) is 17.7. The number of nitrogens with one attached hydrogen (secondary N) is 3. The van der Waals surface area contributed by atoms with Crippen LogP contribution >= 0.6 is 24.8 Å². The summed E-state index contributed by atoms with van der Waals surface area (Å²) in [6, 6.07) is 14.5. The van der Waals surface area contributed by atoms with Crippen LogP contribution in [0.15, 0.2) is 59.6 Å². The van der Waals surface area contributed by atoms with Gasteiger partial charge in [-0.05, 0) is 41.8 Å². The van der Waals surface area contributed by atoms with Gasteiger partial charge in [-0.15, -0.1) is 24.8 Å². The molecule has 3 aromatic carbocycles. The second-order valence-corrected chi connectivity index (χ2v) is 8.40. The number of hydrogen-bond donors (Lipinski definition) is 4. The number of esters is 2. The summed E-state index contributed by atoms with van der Waals surface area (Å²) in [4.78, 5) is 43.5. The number of guanidine groups is 1. The van der Waals surface area contributed by atoms with E-state index in [0.29, 0.717) is 28.8 Å². The largest absolute Gasteiger partial charge is 0.452 e. The zero-order chi connectivity index (χ0) is 26.5. The first-order valence-electron chi connectivity index (χ1n) is 11.4. The van der Waals surface area contributed by atoms with Gasteiger partial charge in [0.25, 0.3) is 5.91 Å². The van der Waals surface area contributed by atoms with E-state index in [0.717, 1.165) is 12.2 Å². The SMILES string of the molecule is CN(C)C(=O)COC(=O)c1c(OC(=O)c2ccc(NC3=NCCN3)cc2)ccc2cc(C(=N)N)ccc12.Cl.Cl. The van der Waals surface area contributed by atoms with Crippen LogP contribution in [0.1, 0.15) is 26.3 Å². The average Bonchev–Trinajstić information content (AvgIpc) is 3.39. The Bertz CT molecular complexity index is 1430. The van der Waals surface area contributed by atoms with Gasteiger partial charge in [0.1, 0.15) is 17.1 Å². The number of amidine groups is 1. The number of carbonyl (C=O) groups is 3. The molecule has 39 heavy (non-hydrogen) atoms. The minimum Gasteiger partial charge on any atom is -0.452 e. The van der Waals surface area contributed by atoms with Crippen molar-refractivity contribution < 1.29 is 23.9 Å². The van der Waals surface area contributed by atoms with Crippen LogP contribution < -0.4 is 21.1 Å². The standard InChI is InChI=1S/C26H26N6O5.2ClH/c1-32(2)21(33)14-36-25(35)22-19-9-5-17(23(27)28)13-16(19)6-10-20(22)37-24(34)15-3-7-18(8-4-15)31-26-29-11-12-30-26;;/h3-10,13H,11-12,14H2,1-2H3,(H3,27,28)(H2,29,30,31);2*1H. The van der Waals surface area contributed by atoms with Crippen molar-refractivity contribution >= 4 is 70.9 Å². The highest BCUT2D eigenvalue weighted by molar-refractivity contribution is 6.10. The summed E-state index contributed by atoms with van der Waals surface area (Å²) in [6.45, 7) is 0.987. The zero-order valence-electron chi connectivity index (χ0n) is 21.1. The van der Waals surface area contributed by atoms with Gasteiger partial charge in [0.15, 0.2) is 12.6 Å². The number of nitrogen functional groups attached to an aromatic ring is 1. The summed E-state index contributed by atoms with van der Waals surface area (Å²) in [5.74, 6) is -1.41. The number of hydrogen-bond acceptors (Lipinski definition) is 9. The number of carbonyl (C=O) groups excluding carboxylic acids is 3. The smallest absolute Gasteiger partial charge is 0.343 e. The van der Waals surface area contributed by atoms with Gasteiger partial charge in [-0.25, -0.2) is 9.59 Å². The van der Waals surface area contributed by atoms with E-state index in [1.54, 1.807) is 62.6 Å². The molecule has 4 rings (SSSR count). The van der Waals surface area contributed by atoms with Crippen LogP contribution in [0.2, 0.25) is 0 Å². The molecule has 0 atom stereocenters. The highest BCUT2D eigenvalue weighted by atomic mass is 35.5. The predicted octanol–water partition coefficient (Wildman–Crippen LogP) is 2.80. The molecule has 1 amide bonds. The summed E-state index contributed by atoms with van der Waals surface area (Å²) in [7, 11) is 3.09. The van der Waals surface area contributed by atoms with Gasteiger partial charge in [-0.2, -0.15) is 0 Å². The second-order valence-electron chi connectivity index (χ2n) is 8.40. The highest BCUT2D eigenvalue weighted by Gasteiger charge is 2.22. The quantitative estimate of drug-likeness (QED) is 0.145. The maximum Gasteiger partial charge on any atom is 0.343 e. The number of nitrogens with two attached hydrogens (primary N) is 1. The average molecular weight is 575 g/mol. The number of fused-ring (bicyclic) bond motifs is 1. The maximum atomic E-state index is 13.1. The summed E-state index contributed by atoms with van der Waals surface area (Å²) in [5.41, 5.74) is 7.05. The molecule has 0 spiro atoms. The molecule has 0 saturated heterocycles. The van der Waals surface area contributed by atoms with Crippen LogP contribution in [0.25, 0.3) is 10.8 Å². The van der Waals surface area contributed by atoms with Crippen molar-refractivity contribution in [3.8, 4) is 5.75 Å². The molecule has 0 fully saturated rings. The summed E-state index contributed by atoms with van der Waals surface area (Å²) in [5, 5.41) is 14.9. The topological polar surface area (TPSA) is 159 Å². The third-order valence-electron chi connectivity index (χ3n) is 5.58. The molecule has 0 aromatic heterocycles. The molecule has 0 saturated carbocycles. The lowest BCUT2D eigenvalue weighted by molar-refractivity contribution is -0.131. The fourth-order valence-corrected chi connectivity index (χ4v) is 3.57. The minimum absolute atomic E-state index is 0. The maximum absolute atomic E-state index is 13.1. The van der Waals surface area contributed by atoms with Gasteiger partial charge in [-0.1, -0.05) is 18.2 Å². The normalized spacial score (nSPS) is 11.7. The fraction of sp³-hybridized carbons (Fsp3) is 0.192. The highest BCUT2D eigenvalue weighted by Crippen LogP contribution is 2.30. The lowest BCUT2D eigenvalue weighted by Gasteiger charge is -2.15. The minimum atomic E-state index is -0.830. The van der Waals surface area contributed by atoms with Crippen LogP contribution in [0.4, 0.5) is 5.69 Å². The first kappa shape index (κ1) is 30.9. The van der Waals surface area contributed by atoms with E-state index in [1.165, 1.54) is 11.0 Å². The zero-order valence-corrected chi connectivity index (χ0v) is 22.8. The van der Waals surface area contributed by atoms with Crippen molar-refractivity contribution in [2.24, 2.45) is 10.7 Å². The van der Waals surface area contributed by atoms with Gasteiger partial charge in [0.2, 0.25) is 0 Å². The second kappa shape index (κ2) is 13.4. The van der Waals surface area contributed by atoms with E-state index >= 15 is 0 Å². The number of ether oxygens (including phenoxy) is 2. The molecule has 5 N–H and O–H groups in total. The van der Waals surface area contributed by atoms with E-state index in [2.05, 4.69) is 15.6 Å². The molecule has 1 heterocycles. The van der Waals surface area contributed by atoms with E-state index in [9.17, 15) is 14.4 Å². The molecule has 1 aliphatic rings. The molecular weight excluding hydrogens is 547 g/mol. The molecule has 3 aromatic rings. The molecular formula is C26H28Cl2N6O5. The molecule has 11 nitrogen and oxygen atoms in total. The number of amides is 1. The van der Waals surface area contributed by atoms with Crippen molar-refractivity contribution in [1.29, 1.82) is 5.41 Å². The van der Waals surface area contributed by atoms with Crippen molar-refractivity contribution in [3.05, 3.63) is 71.3 Å². The van der Waals surface area contributed by atoms with Gasteiger partial charge >= 0.3 is 11.9 Å². The number of halogens is 2. The number of anilines is 1. The lowest BCUT2D eigenvalue weighted by Crippen LogP contribution is -2.27. The van der Waals surface area contributed by atoms with Crippen LogP contribution in [0, 0.1) is 5.41 Å². The van der Waals surface area contributed by atoms with Gasteiger partial charge < -0.3 is 30.7 Å². The Kier molecular flexibility index (Phi) is 10.6. The van der Waals surface area contributed by atoms with E-state index in [-0.39, 0.29) is 47.5 Å². The Labute approximate surface area is 237 Å². The van der Waals surface area contributed by atoms with E-state index in [1.807, 2.05) is 0 Å². The van der Waals surface area contributed by atoms with Crippen molar-refractivity contribution in [3.63, 3.8) is 0 Å². The van der Waals surface area contributed by atoms with Crippen molar-refractivity contribution in [2.45, 2.75) is 0 Å². The van der Waals surface area contributed by atoms with Crippen LogP contribution in [-0.4, -0.2) is 68.3 Å². The Balaban J connectivity index is 0.00000267. The summed E-state index contributed by atoms with van der Waals surface area (Å²) < 4.78 is 10.8. The molecule has 0 aliphatic carbocycles.